The Kier molecular flexibility index (Phi) is 4.39. The number of aromatic nitrogens is 2. The van der Waals surface area contributed by atoms with Gasteiger partial charge in [0.1, 0.15) is 5.51 Å². The Morgan fingerprint density at radius 2 is 2.40 bits per heavy atom. The molecule has 0 fully saturated rings. The van der Waals surface area contributed by atoms with Crippen LogP contribution in [0.15, 0.2) is 5.51 Å². The summed E-state index contributed by atoms with van der Waals surface area (Å²) in [4.78, 5) is 0. The van der Waals surface area contributed by atoms with E-state index in [0.29, 0.717) is 6.42 Å². The number of hydrogen-bond donors (Lipinski definition) is 2. The first-order valence-corrected chi connectivity index (χ1v) is 6.49. The zero-order chi connectivity index (χ0) is 11.3. The lowest BCUT2D eigenvalue weighted by molar-refractivity contribution is 0.276. The Labute approximate surface area is 91.9 Å². The van der Waals surface area contributed by atoms with Crippen LogP contribution >= 0.6 is 11.3 Å². The predicted molar refractivity (Wildman–Crippen MR) is 56.8 cm³/mol. The van der Waals surface area contributed by atoms with Crippen LogP contribution in [0.25, 0.3) is 0 Å². The van der Waals surface area contributed by atoms with Crippen molar-refractivity contribution in [2.75, 3.05) is 24.9 Å². The van der Waals surface area contributed by atoms with Crippen LogP contribution in [0.5, 0.6) is 0 Å². The molecular weight excluding hydrogens is 240 g/mol. The molecule has 1 heterocycles. The Bertz CT molecular complexity index is 377. The molecule has 0 saturated carbocycles. The molecule has 0 aliphatic rings. The highest BCUT2D eigenvalue weighted by Gasteiger charge is 2.18. The molecule has 0 unspecified atom stereocenters. The second kappa shape index (κ2) is 5.35. The fourth-order valence-corrected chi connectivity index (χ4v) is 2.40. The maximum atomic E-state index is 11.6. The van der Waals surface area contributed by atoms with Gasteiger partial charge < -0.3 is 5.11 Å². The molecule has 0 atom stereocenters. The van der Waals surface area contributed by atoms with E-state index in [4.69, 9.17) is 5.11 Å². The number of aliphatic hydroxyl groups excluding tert-OH is 1. The maximum Gasteiger partial charge on any atom is 0.303 e. The van der Waals surface area contributed by atoms with Crippen molar-refractivity contribution in [3.8, 4) is 0 Å². The lowest BCUT2D eigenvalue weighted by Crippen LogP contribution is -2.33. The van der Waals surface area contributed by atoms with Gasteiger partial charge in [-0.3, -0.25) is 0 Å². The highest BCUT2D eigenvalue weighted by atomic mass is 32.2. The largest absolute Gasteiger partial charge is 0.396 e. The SMILES string of the molecule is CN(CCCO)S(=O)(=O)Nc1nncs1. The van der Waals surface area contributed by atoms with Gasteiger partial charge in [0.2, 0.25) is 5.13 Å². The first-order valence-electron chi connectivity index (χ1n) is 4.17. The van der Waals surface area contributed by atoms with Gasteiger partial charge in [-0.15, -0.1) is 10.2 Å². The third kappa shape index (κ3) is 3.70. The van der Waals surface area contributed by atoms with Crippen molar-refractivity contribution in [1.29, 1.82) is 0 Å². The summed E-state index contributed by atoms with van der Waals surface area (Å²) in [7, 11) is -2.15. The Balaban J connectivity index is 2.59. The molecule has 9 heteroatoms. The summed E-state index contributed by atoms with van der Waals surface area (Å²) >= 11 is 1.10. The molecule has 86 valence electrons. The lowest BCUT2D eigenvalue weighted by Gasteiger charge is -2.15. The third-order valence-corrected chi connectivity index (χ3v) is 3.81. The van der Waals surface area contributed by atoms with E-state index in [9.17, 15) is 8.42 Å². The van der Waals surface area contributed by atoms with Gasteiger partial charge in [-0.2, -0.15) is 12.7 Å². The second-order valence-electron chi connectivity index (χ2n) is 2.75. The molecule has 0 aromatic carbocycles. The Hall–Kier alpha value is -0.770. The van der Waals surface area contributed by atoms with Gasteiger partial charge in [-0.1, -0.05) is 11.3 Å². The Morgan fingerprint density at radius 1 is 1.67 bits per heavy atom. The summed E-state index contributed by atoms with van der Waals surface area (Å²) in [5.74, 6) is 0. The van der Waals surface area contributed by atoms with Crippen molar-refractivity contribution in [3.63, 3.8) is 0 Å². The van der Waals surface area contributed by atoms with Crippen LogP contribution in [-0.4, -0.2) is 48.2 Å². The molecule has 7 nitrogen and oxygen atoms in total. The van der Waals surface area contributed by atoms with E-state index in [1.807, 2.05) is 0 Å². The van der Waals surface area contributed by atoms with Crippen LogP contribution in [-0.2, 0) is 10.2 Å². The number of anilines is 1. The standard InChI is InChI=1S/C6H12N4O3S2/c1-10(3-2-4-11)15(12,13)9-6-8-7-5-14-6/h5,11H,2-4H2,1H3,(H,8,9). The lowest BCUT2D eigenvalue weighted by atomic mass is 10.5. The number of hydrogen-bond acceptors (Lipinski definition) is 6. The van der Waals surface area contributed by atoms with E-state index in [1.54, 1.807) is 0 Å². The average Bonchev–Trinajstić information content (AvgIpc) is 2.65. The molecular formula is C6H12N4O3S2. The van der Waals surface area contributed by atoms with Crippen molar-refractivity contribution in [3.05, 3.63) is 5.51 Å². The monoisotopic (exact) mass is 252 g/mol. The zero-order valence-corrected chi connectivity index (χ0v) is 9.75. The number of rotatable bonds is 6. The summed E-state index contributed by atoms with van der Waals surface area (Å²) in [6.07, 6.45) is 0.396. The molecule has 0 spiro atoms. The number of aliphatic hydroxyl groups is 1. The number of nitrogens with one attached hydrogen (secondary N) is 1. The van der Waals surface area contributed by atoms with Gasteiger partial charge in [-0.25, -0.2) is 4.72 Å². The predicted octanol–water partition coefficient (Wildman–Crippen LogP) is -0.491. The molecule has 0 aliphatic heterocycles. The highest BCUT2D eigenvalue weighted by Crippen LogP contribution is 2.11. The fraction of sp³-hybridized carbons (Fsp3) is 0.667. The topological polar surface area (TPSA) is 95.4 Å². The fourth-order valence-electron chi connectivity index (χ4n) is 0.819. The quantitative estimate of drug-likeness (QED) is 0.712. The van der Waals surface area contributed by atoms with Crippen molar-refractivity contribution in [2.24, 2.45) is 0 Å². The van der Waals surface area contributed by atoms with Crippen molar-refractivity contribution >= 4 is 26.7 Å². The summed E-state index contributed by atoms with van der Waals surface area (Å²) in [5, 5.41) is 15.9. The normalized spacial score (nSPS) is 11.9. The minimum Gasteiger partial charge on any atom is -0.396 e. The molecule has 2 N–H and O–H groups in total. The van der Waals surface area contributed by atoms with Gasteiger partial charge in [0.05, 0.1) is 0 Å². The maximum absolute atomic E-state index is 11.6. The van der Waals surface area contributed by atoms with Gasteiger partial charge in [0.25, 0.3) is 0 Å². The first kappa shape index (κ1) is 12.3. The van der Waals surface area contributed by atoms with Crippen LogP contribution in [0, 0.1) is 0 Å². The molecule has 1 aromatic heterocycles. The summed E-state index contributed by atoms with van der Waals surface area (Å²) < 4.78 is 26.5. The van der Waals surface area contributed by atoms with Gasteiger partial charge in [0, 0.05) is 20.2 Å². The van der Waals surface area contributed by atoms with Crippen LogP contribution in [0.4, 0.5) is 5.13 Å². The highest BCUT2D eigenvalue weighted by molar-refractivity contribution is 7.90. The van der Waals surface area contributed by atoms with Crippen LogP contribution < -0.4 is 4.72 Å². The molecule has 1 aromatic rings. The zero-order valence-electron chi connectivity index (χ0n) is 8.12. The molecule has 0 radical (unpaired) electrons. The number of nitrogens with zero attached hydrogens (tertiary/aromatic N) is 3. The molecule has 0 amide bonds. The van der Waals surface area contributed by atoms with Crippen molar-refractivity contribution < 1.29 is 13.5 Å². The summed E-state index contributed by atoms with van der Waals surface area (Å²) in [6.45, 7) is 0.212. The molecule has 0 aliphatic carbocycles. The van der Waals surface area contributed by atoms with Crippen molar-refractivity contribution in [1.82, 2.24) is 14.5 Å². The van der Waals surface area contributed by atoms with Crippen LogP contribution in [0.2, 0.25) is 0 Å². The smallest absolute Gasteiger partial charge is 0.303 e. The van der Waals surface area contributed by atoms with E-state index in [1.165, 1.54) is 12.6 Å². The van der Waals surface area contributed by atoms with Crippen molar-refractivity contribution in [2.45, 2.75) is 6.42 Å². The van der Waals surface area contributed by atoms with E-state index >= 15 is 0 Å². The average molecular weight is 252 g/mol. The van der Waals surface area contributed by atoms with E-state index < -0.39 is 10.2 Å². The third-order valence-electron chi connectivity index (χ3n) is 1.62. The van der Waals surface area contributed by atoms with E-state index in [-0.39, 0.29) is 18.3 Å². The molecule has 15 heavy (non-hydrogen) atoms. The minimum atomic E-state index is -3.58. The summed E-state index contributed by atoms with van der Waals surface area (Å²) in [5.41, 5.74) is 1.44. The first-order chi connectivity index (χ1) is 7.06. The molecule has 0 bridgehead atoms. The van der Waals surface area contributed by atoms with Gasteiger partial charge in [-0.05, 0) is 6.42 Å². The van der Waals surface area contributed by atoms with E-state index in [0.717, 1.165) is 15.6 Å². The Morgan fingerprint density at radius 3 is 2.93 bits per heavy atom. The minimum absolute atomic E-state index is 0.0430. The second-order valence-corrected chi connectivity index (χ2v) is 5.36. The van der Waals surface area contributed by atoms with Crippen LogP contribution in [0.3, 0.4) is 0 Å². The van der Waals surface area contributed by atoms with Crippen LogP contribution in [0.1, 0.15) is 6.42 Å². The van der Waals surface area contributed by atoms with Gasteiger partial charge >= 0.3 is 10.2 Å². The summed E-state index contributed by atoms with van der Waals surface area (Å²) in [6, 6.07) is 0. The molecule has 0 saturated heterocycles. The van der Waals surface area contributed by atoms with Gasteiger partial charge in [0.15, 0.2) is 0 Å². The molecule has 1 rings (SSSR count). The van der Waals surface area contributed by atoms with E-state index in [2.05, 4.69) is 14.9 Å².